The zero-order valence-corrected chi connectivity index (χ0v) is 12.2. The summed E-state index contributed by atoms with van der Waals surface area (Å²) in [5, 5.41) is 5.27. The van der Waals surface area contributed by atoms with Crippen LogP contribution in [0.15, 0.2) is 53.4 Å². The van der Waals surface area contributed by atoms with Crippen molar-refractivity contribution < 1.29 is 18.0 Å². The molecule has 0 aliphatic heterocycles. The lowest BCUT2D eigenvalue weighted by molar-refractivity contribution is -0.114. The van der Waals surface area contributed by atoms with Crippen LogP contribution in [0, 0.1) is 5.82 Å². The molecule has 0 bridgehead atoms. The van der Waals surface area contributed by atoms with Crippen molar-refractivity contribution in [3.05, 3.63) is 54.3 Å². The average molecular weight is 326 g/mol. The molecule has 0 atom stereocenters. The van der Waals surface area contributed by atoms with Crippen LogP contribution in [0.25, 0.3) is 0 Å². The lowest BCUT2D eigenvalue weighted by atomic mass is 10.3. The smallest absolute Gasteiger partial charge is 0.288 e. The number of anilines is 2. The fourth-order valence-electron chi connectivity index (χ4n) is 1.70. The molecule has 0 saturated carbocycles. The van der Waals surface area contributed by atoms with Gasteiger partial charge in [-0.25, -0.2) is 4.39 Å². The number of alkyl halides is 2. The largest absolute Gasteiger partial charge is 0.374 e. The van der Waals surface area contributed by atoms with Crippen LogP contribution < -0.4 is 10.6 Å². The second-order valence-corrected chi connectivity index (χ2v) is 5.35. The van der Waals surface area contributed by atoms with E-state index >= 15 is 0 Å². The van der Waals surface area contributed by atoms with Crippen LogP contribution in [0.4, 0.5) is 24.5 Å². The maximum Gasteiger partial charge on any atom is 0.288 e. The highest BCUT2D eigenvalue weighted by Crippen LogP contribution is 2.26. The van der Waals surface area contributed by atoms with E-state index in [2.05, 4.69) is 10.6 Å². The van der Waals surface area contributed by atoms with Crippen molar-refractivity contribution in [2.45, 2.75) is 10.7 Å². The number of benzene rings is 2. The van der Waals surface area contributed by atoms with Crippen molar-refractivity contribution in [3.63, 3.8) is 0 Å². The molecule has 7 heteroatoms. The molecule has 0 aromatic heterocycles. The fraction of sp³-hybridized carbons (Fsp3) is 0.133. The molecule has 2 aromatic rings. The van der Waals surface area contributed by atoms with Gasteiger partial charge >= 0.3 is 0 Å². The van der Waals surface area contributed by atoms with E-state index in [0.29, 0.717) is 22.3 Å². The zero-order chi connectivity index (χ0) is 15.9. The summed E-state index contributed by atoms with van der Waals surface area (Å²) in [6, 6.07) is 12.1. The second-order valence-electron chi connectivity index (χ2n) is 4.28. The minimum atomic E-state index is -2.48. The minimum absolute atomic E-state index is 0.103. The molecule has 0 aliphatic rings. The van der Waals surface area contributed by atoms with Gasteiger partial charge in [0.15, 0.2) is 0 Å². The van der Waals surface area contributed by atoms with Gasteiger partial charge in [-0.15, -0.1) is 0 Å². The Morgan fingerprint density at radius 1 is 1.09 bits per heavy atom. The Balaban J connectivity index is 1.85. The first-order chi connectivity index (χ1) is 10.5. The highest BCUT2D eigenvalue weighted by molar-refractivity contribution is 7.99. The number of halogens is 3. The highest BCUT2D eigenvalue weighted by Gasteiger charge is 2.07. The number of carbonyl (C=O) groups is 1. The normalized spacial score (nSPS) is 10.5. The van der Waals surface area contributed by atoms with Gasteiger partial charge < -0.3 is 10.6 Å². The molecule has 116 valence electrons. The third kappa shape index (κ3) is 5.00. The summed E-state index contributed by atoms with van der Waals surface area (Å²) in [6.45, 7) is -0.103. The van der Waals surface area contributed by atoms with Gasteiger partial charge in [0.2, 0.25) is 5.91 Å². The molecule has 0 heterocycles. The Morgan fingerprint density at radius 3 is 2.41 bits per heavy atom. The second kappa shape index (κ2) is 7.74. The number of hydrogen-bond acceptors (Lipinski definition) is 3. The molecule has 0 saturated heterocycles. The summed E-state index contributed by atoms with van der Waals surface area (Å²) in [4.78, 5) is 12.2. The molecule has 0 unspecified atom stereocenters. The Morgan fingerprint density at radius 2 is 1.77 bits per heavy atom. The Bertz CT molecular complexity index is 635. The van der Waals surface area contributed by atoms with Crippen LogP contribution in [0.5, 0.6) is 0 Å². The van der Waals surface area contributed by atoms with Gasteiger partial charge in [0.25, 0.3) is 5.76 Å². The molecular formula is C15H13F3N2OS. The van der Waals surface area contributed by atoms with Crippen molar-refractivity contribution in [3.8, 4) is 0 Å². The molecule has 0 fully saturated rings. The van der Waals surface area contributed by atoms with E-state index < -0.39 is 11.6 Å². The van der Waals surface area contributed by atoms with Crippen molar-refractivity contribution in [2.24, 2.45) is 0 Å². The van der Waals surface area contributed by atoms with Crippen molar-refractivity contribution in [1.29, 1.82) is 0 Å². The summed E-state index contributed by atoms with van der Waals surface area (Å²) in [6.07, 6.45) is 0. The maximum atomic E-state index is 13.4. The van der Waals surface area contributed by atoms with Gasteiger partial charge in [-0.2, -0.15) is 8.78 Å². The number of nitrogens with one attached hydrogen (secondary N) is 2. The summed E-state index contributed by atoms with van der Waals surface area (Å²) in [5.41, 5.74) is 0.722. The molecule has 1 amide bonds. The third-order valence-electron chi connectivity index (χ3n) is 2.68. The molecule has 2 aromatic carbocycles. The van der Waals surface area contributed by atoms with Gasteiger partial charge in [0.1, 0.15) is 5.82 Å². The van der Waals surface area contributed by atoms with Gasteiger partial charge in [-0.05, 0) is 36.4 Å². The standard InChI is InChI=1S/C15H13F3N2OS/c16-12-3-1-2-4-13(12)19-9-14(21)20-10-5-7-11(8-6-10)22-15(17)18/h1-8,15,19H,9H2,(H,20,21). The Kier molecular flexibility index (Phi) is 5.71. The van der Waals surface area contributed by atoms with Crippen molar-refractivity contribution >= 4 is 29.0 Å². The quantitative estimate of drug-likeness (QED) is 0.782. The maximum absolute atomic E-state index is 13.4. The number of rotatable bonds is 6. The third-order valence-corrected chi connectivity index (χ3v) is 3.40. The molecule has 0 aliphatic carbocycles. The van der Waals surface area contributed by atoms with E-state index in [4.69, 9.17) is 0 Å². The number of carbonyl (C=O) groups excluding carboxylic acids is 1. The molecule has 2 N–H and O–H groups in total. The van der Waals surface area contributed by atoms with Crippen molar-refractivity contribution in [1.82, 2.24) is 0 Å². The molecule has 3 nitrogen and oxygen atoms in total. The fourth-order valence-corrected chi connectivity index (χ4v) is 2.20. The summed E-state index contributed by atoms with van der Waals surface area (Å²) < 4.78 is 37.7. The van der Waals surface area contributed by atoms with Crippen LogP contribution in [0.3, 0.4) is 0 Å². The molecule has 22 heavy (non-hydrogen) atoms. The summed E-state index contributed by atoms with van der Waals surface area (Å²) >= 11 is 0.435. The highest BCUT2D eigenvalue weighted by atomic mass is 32.2. The van der Waals surface area contributed by atoms with Gasteiger partial charge in [-0.3, -0.25) is 4.79 Å². The van der Waals surface area contributed by atoms with E-state index in [1.54, 1.807) is 12.1 Å². The van der Waals surface area contributed by atoms with Crippen LogP contribution in [-0.2, 0) is 4.79 Å². The first-order valence-corrected chi connectivity index (χ1v) is 7.25. The summed E-state index contributed by atoms with van der Waals surface area (Å²) in [5.74, 6) is -3.29. The van der Waals surface area contributed by atoms with Crippen LogP contribution in [0.2, 0.25) is 0 Å². The zero-order valence-electron chi connectivity index (χ0n) is 11.4. The lowest BCUT2D eigenvalue weighted by Gasteiger charge is -2.09. The van der Waals surface area contributed by atoms with Crippen molar-refractivity contribution in [2.75, 3.05) is 17.2 Å². The van der Waals surface area contributed by atoms with E-state index in [0.717, 1.165) is 0 Å². The number of hydrogen-bond donors (Lipinski definition) is 2. The van der Waals surface area contributed by atoms with E-state index in [1.807, 2.05) is 0 Å². The van der Waals surface area contributed by atoms with E-state index in [-0.39, 0.29) is 18.1 Å². The van der Waals surface area contributed by atoms with E-state index in [9.17, 15) is 18.0 Å². The van der Waals surface area contributed by atoms with Gasteiger partial charge in [-0.1, -0.05) is 23.9 Å². The number of amides is 1. The number of thioether (sulfide) groups is 1. The van der Waals surface area contributed by atoms with Crippen LogP contribution in [-0.4, -0.2) is 18.2 Å². The van der Waals surface area contributed by atoms with Crippen LogP contribution >= 0.6 is 11.8 Å². The molecule has 2 rings (SSSR count). The molecule has 0 radical (unpaired) electrons. The van der Waals surface area contributed by atoms with Gasteiger partial charge in [0.05, 0.1) is 12.2 Å². The Labute approximate surface area is 129 Å². The summed E-state index contributed by atoms with van der Waals surface area (Å²) in [7, 11) is 0. The first-order valence-electron chi connectivity index (χ1n) is 6.38. The van der Waals surface area contributed by atoms with E-state index in [1.165, 1.54) is 36.4 Å². The monoisotopic (exact) mass is 326 g/mol. The minimum Gasteiger partial charge on any atom is -0.374 e. The predicted molar refractivity (Wildman–Crippen MR) is 81.8 cm³/mol. The lowest BCUT2D eigenvalue weighted by Crippen LogP contribution is -2.22. The first kappa shape index (κ1) is 16.2. The molecular weight excluding hydrogens is 313 g/mol. The number of para-hydroxylation sites is 1. The van der Waals surface area contributed by atoms with Gasteiger partial charge in [0, 0.05) is 10.6 Å². The predicted octanol–water partition coefficient (Wildman–Crippen LogP) is 4.19. The Hall–Kier alpha value is -2.15. The molecule has 0 spiro atoms. The van der Waals surface area contributed by atoms with Crippen LogP contribution in [0.1, 0.15) is 0 Å². The SMILES string of the molecule is O=C(CNc1ccccc1F)Nc1ccc(SC(F)F)cc1. The topological polar surface area (TPSA) is 41.1 Å². The average Bonchev–Trinajstić information content (AvgIpc) is 2.48.